The molecule has 6 heteroatoms. The minimum absolute atomic E-state index is 0.370. The Labute approximate surface area is 190 Å². The van der Waals surface area contributed by atoms with E-state index in [1.54, 1.807) is 13.2 Å². The molecule has 0 radical (unpaired) electrons. The van der Waals surface area contributed by atoms with E-state index in [0.29, 0.717) is 12.3 Å². The molecule has 1 aliphatic heterocycles. The van der Waals surface area contributed by atoms with Gasteiger partial charge in [-0.1, -0.05) is 35.9 Å². The topological polar surface area (TPSA) is 53.1 Å². The average molecular weight is 449 g/mol. The molecule has 5 rings (SSSR count). The van der Waals surface area contributed by atoms with Crippen LogP contribution in [0.1, 0.15) is 11.1 Å². The Morgan fingerprint density at radius 2 is 1.81 bits per heavy atom. The number of hydrogen-bond donors (Lipinski definition) is 1. The lowest BCUT2D eigenvalue weighted by atomic mass is 9.99. The molecule has 0 spiro atoms. The van der Waals surface area contributed by atoms with Crippen LogP contribution in [-0.4, -0.2) is 20.4 Å². The van der Waals surface area contributed by atoms with Crippen molar-refractivity contribution in [3.63, 3.8) is 0 Å². The lowest BCUT2D eigenvalue weighted by molar-refractivity contribution is -0.932. The smallest absolute Gasteiger partial charge is 0.336 e. The third kappa shape index (κ3) is 4.09. The molecule has 3 aromatic carbocycles. The molecule has 0 saturated heterocycles. The Balaban J connectivity index is 1.47. The van der Waals surface area contributed by atoms with E-state index in [4.69, 9.17) is 25.5 Å². The normalized spacial score (nSPS) is 15.2. The second-order valence-corrected chi connectivity index (χ2v) is 8.40. The summed E-state index contributed by atoms with van der Waals surface area (Å²) in [6, 6.07) is 21.1. The minimum atomic E-state index is -0.370. The molecule has 1 unspecified atom stereocenters. The molecule has 1 N–H and O–H groups in total. The first kappa shape index (κ1) is 20.6. The standard InChI is InChI=1S/C26H22ClNO4/c1-30-20-8-4-18(5-9-20)22-14-25(29)32-26-21(22)10-11-24-23(26)15-28(16-31-24)13-12-17-2-6-19(27)7-3-17/h2-11,14H,12-13,15-16H2,1H3/p+1. The van der Waals surface area contributed by atoms with Gasteiger partial charge in [0.05, 0.1) is 19.2 Å². The van der Waals surface area contributed by atoms with Crippen LogP contribution in [0, 0.1) is 0 Å². The molecule has 4 aromatic rings. The number of methoxy groups -OCH3 is 1. The zero-order chi connectivity index (χ0) is 22.1. The van der Waals surface area contributed by atoms with Crippen molar-refractivity contribution in [1.29, 1.82) is 0 Å². The third-order valence-corrected chi connectivity index (χ3v) is 6.16. The van der Waals surface area contributed by atoms with Gasteiger partial charge in [0.25, 0.3) is 0 Å². The fourth-order valence-electron chi connectivity index (χ4n) is 4.19. The fraction of sp³-hybridized carbons (Fsp3) is 0.192. The van der Waals surface area contributed by atoms with E-state index in [-0.39, 0.29) is 5.63 Å². The van der Waals surface area contributed by atoms with Crippen molar-refractivity contribution in [2.45, 2.75) is 13.0 Å². The molecule has 1 aromatic heterocycles. The second-order valence-electron chi connectivity index (χ2n) is 7.97. The maximum atomic E-state index is 12.5. The van der Waals surface area contributed by atoms with Crippen molar-refractivity contribution < 1.29 is 18.8 Å². The molecule has 0 saturated carbocycles. The van der Waals surface area contributed by atoms with Gasteiger partial charge >= 0.3 is 5.63 Å². The monoisotopic (exact) mass is 448 g/mol. The highest BCUT2D eigenvalue weighted by Gasteiger charge is 2.25. The van der Waals surface area contributed by atoms with Gasteiger partial charge in [-0.15, -0.1) is 0 Å². The van der Waals surface area contributed by atoms with Gasteiger partial charge in [0, 0.05) is 22.9 Å². The van der Waals surface area contributed by atoms with Crippen LogP contribution in [0.25, 0.3) is 22.1 Å². The summed E-state index contributed by atoms with van der Waals surface area (Å²) in [4.78, 5) is 13.7. The number of quaternary nitrogens is 1. The molecular formula is C26H23ClNO4+. The van der Waals surface area contributed by atoms with Crippen LogP contribution >= 0.6 is 11.6 Å². The SMILES string of the molecule is COc1ccc(-c2cc(=O)oc3c4c(ccc23)OC[NH+](CCc2ccc(Cl)cc2)C4)cc1. The van der Waals surface area contributed by atoms with E-state index in [2.05, 4.69) is 12.1 Å². The van der Waals surface area contributed by atoms with E-state index in [1.807, 2.05) is 48.5 Å². The van der Waals surface area contributed by atoms with Gasteiger partial charge < -0.3 is 13.9 Å². The fourth-order valence-corrected chi connectivity index (χ4v) is 4.32. The minimum Gasteiger partial charge on any atom is -0.497 e. The van der Waals surface area contributed by atoms with Gasteiger partial charge in [-0.25, -0.2) is 4.79 Å². The molecule has 5 nitrogen and oxygen atoms in total. The molecule has 0 aliphatic carbocycles. The molecule has 0 fully saturated rings. The number of hydrogen-bond acceptors (Lipinski definition) is 4. The van der Waals surface area contributed by atoms with Crippen LogP contribution in [-0.2, 0) is 13.0 Å². The summed E-state index contributed by atoms with van der Waals surface area (Å²) in [7, 11) is 1.63. The van der Waals surface area contributed by atoms with Crippen LogP contribution in [0.15, 0.2) is 75.9 Å². The van der Waals surface area contributed by atoms with Crippen molar-refractivity contribution in [3.8, 4) is 22.6 Å². The van der Waals surface area contributed by atoms with Gasteiger partial charge in [0.15, 0.2) is 5.58 Å². The van der Waals surface area contributed by atoms with Gasteiger partial charge in [0.2, 0.25) is 6.73 Å². The first-order valence-electron chi connectivity index (χ1n) is 10.6. The molecule has 32 heavy (non-hydrogen) atoms. The van der Waals surface area contributed by atoms with Crippen molar-refractivity contribution in [3.05, 3.63) is 93.3 Å². The number of fused-ring (bicyclic) bond motifs is 3. The first-order chi connectivity index (χ1) is 15.6. The number of halogens is 1. The zero-order valence-electron chi connectivity index (χ0n) is 17.7. The average Bonchev–Trinajstić information content (AvgIpc) is 2.83. The van der Waals surface area contributed by atoms with Gasteiger partial charge in [-0.2, -0.15) is 0 Å². The van der Waals surface area contributed by atoms with Crippen LogP contribution in [0.4, 0.5) is 0 Å². The van der Waals surface area contributed by atoms with Crippen LogP contribution in [0.5, 0.6) is 11.5 Å². The summed E-state index contributed by atoms with van der Waals surface area (Å²) in [6.45, 7) is 2.21. The summed E-state index contributed by atoms with van der Waals surface area (Å²) < 4.78 is 17.0. The molecule has 0 bridgehead atoms. The highest BCUT2D eigenvalue weighted by Crippen LogP contribution is 2.34. The predicted octanol–water partition coefficient (Wildman–Crippen LogP) is 4.10. The summed E-state index contributed by atoms with van der Waals surface area (Å²) in [6.07, 6.45) is 0.914. The van der Waals surface area contributed by atoms with Gasteiger partial charge in [-0.3, -0.25) is 4.90 Å². The maximum Gasteiger partial charge on any atom is 0.336 e. The van der Waals surface area contributed by atoms with Crippen molar-refractivity contribution in [1.82, 2.24) is 0 Å². The molecule has 1 atom stereocenters. The molecule has 1 aliphatic rings. The highest BCUT2D eigenvalue weighted by molar-refractivity contribution is 6.30. The van der Waals surface area contributed by atoms with Crippen LogP contribution in [0.3, 0.4) is 0 Å². The molecule has 162 valence electrons. The Morgan fingerprint density at radius 1 is 1.03 bits per heavy atom. The van der Waals surface area contributed by atoms with Crippen molar-refractivity contribution in [2.75, 3.05) is 20.4 Å². The number of nitrogens with one attached hydrogen (secondary N) is 1. The number of ether oxygens (including phenoxy) is 2. The van der Waals surface area contributed by atoms with E-state index < -0.39 is 0 Å². The van der Waals surface area contributed by atoms with Crippen LogP contribution in [0.2, 0.25) is 5.02 Å². The van der Waals surface area contributed by atoms with Crippen molar-refractivity contribution in [2.24, 2.45) is 0 Å². The Hall–Kier alpha value is -3.28. The zero-order valence-corrected chi connectivity index (χ0v) is 18.4. The summed E-state index contributed by atoms with van der Waals surface area (Å²) >= 11 is 5.99. The predicted molar refractivity (Wildman–Crippen MR) is 125 cm³/mol. The lowest BCUT2D eigenvalue weighted by Crippen LogP contribution is -3.12. The van der Waals surface area contributed by atoms with Gasteiger partial charge in [0.1, 0.15) is 18.0 Å². The Kier molecular flexibility index (Phi) is 5.60. The molecular weight excluding hydrogens is 426 g/mol. The third-order valence-electron chi connectivity index (χ3n) is 5.91. The van der Waals surface area contributed by atoms with E-state index in [1.165, 1.54) is 10.5 Å². The van der Waals surface area contributed by atoms with E-state index in [0.717, 1.165) is 58.1 Å². The summed E-state index contributed by atoms with van der Waals surface area (Å²) in [5, 5.41) is 1.64. The van der Waals surface area contributed by atoms with E-state index in [9.17, 15) is 4.79 Å². The Morgan fingerprint density at radius 3 is 2.56 bits per heavy atom. The Bertz CT molecular complexity index is 1310. The lowest BCUT2D eigenvalue weighted by Gasteiger charge is -2.26. The molecule has 0 amide bonds. The highest BCUT2D eigenvalue weighted by atomic mass is 35.5. The number of rotatable bonds is 5. The van der Waals surface area contributed by atoms with Gasteiger partial charge in [-0.05, 0) is 53.1 Å². The quantitative estimate of drug-likeness (QED) is 0.467. The van der Waals surface area contributed by atoms with E-state index >= 15 is 0 Å². The second kappa shape index (κ2) is 8.69. The maximum absolute atomic E-state index is 12.5. The van der Waals surface area contributed by atoms with Crippen molar-refractivity contribution >= 4 is 22.6 Å². The first-order valence-corrected chi connectivity index (χ1v) is 10.9. The summed E-state index contributed by atoms with van der Waals surface area (Å²) in [5.41, 5.74) is 4.18. The van der Waals surface area contributed by atoms with Crippen LogP contribution < -0.4 is 20.0 Å². The molecule has 2 heterocycles. The number of benzene rings is 3. The largest absolute Gasteiger partial charge is 0.497 e. The summed E-state index contributed by atoms with van der Waals surface area (Å²) in [5.74, 6) is 1.55.